The van der Waals surface area contributed by atoms with Crippen LogP contribution in [0.25, 0.3) is 27.7 Å². The molecule has 2 aromatic heterocycles. The minimum absolute atomic E-state index is 0.00263. The molecule has 0 saturated heterocycles. The van der Waals surface area contributed by atoms with E-state index in [0.717, 1.165) is 12.1 Å². The normalized spacial score (nSPS) is 11.5. The molecule has 0 radical (unpaired) electrons. The van der Waals surface area contributed by atoms with Crippen molar-refractivity contribution < 1.29 is 31.2 Å². The van der Waals surface area contributed by atoms with Gasteiger partial charge in [-0.2, -0.15) is 0 Å². The van der Waals surface area contributed by atoms with Crippen molar-refractivity contribution in [1.29, 1.82) is 0 Å². The van der Waals surface area contributed by atoms with Crippen molar-refractivity contribution in [2.45, 2.75) is 4.90 Å². The molecule has 3 aromatic carbocycles. The van der Waals surface area contributed by atoms with E-state index in [1.165, 1.54) is 79.6 Å². The van der Waals surface area contributed by atoms with Gasteiger partial charge in [0, 0.05) is 34.7 Å². The zero-order valence-electron chi connectivity index (χ0n) is 19.9. The van der Waals surface area contributed by atoms with Gasteiger partial charge in [-0.25, -0.2) is 17.2 Å². The van der Waals surface area contributed by atoms with Gasteiger partial charge >= 0.3 is 0 Å². The summed E-state index contributed by atoms with van der Waals surface area (Å²) in [6.07, 6.45) is 1.22. The standard InChI is InChI=1S/C26H19F2N3O6S/c1-35-16-4-6-20(27)18(12-16)19-13-24(36-2)23(14-21(19)28)31-22-7-5-17(11-15(22)3-8-26(31)32)38(33,34)30-25-9-10-37-29-25/h3-14H,1-2H3,(H,29,30). The SMILES string of the molecule is COc1ccc(F)c(-c2cc(OC)c(-n3c(=O)ccc4cc(S(=O)(=O)Nc5ccon5)ccc43)cc2F)c1. The van der Waals surface area contributed by atoms with Crippen LogP contribution in [-0.2, 0) is 10.0 Å². The highest BCUT2D eigenvalue weighted by Crippen LogP contribution is 2.36. The van der Waals surface area contributed by atoms with Gasteiger partial charge in [0.1, 0.15) is 29.4 Å². The van der Waals surface area contributed by atoms with Crippen LogP contribution in [0.1, 0.15) is 0 Å². The minimum Gasteiger partial charge on any atom is -0.497 e. The number of rotatable bonds is 7. The zero-order valence-corrected chi connectivity index (χ0v) is 20.8. The second-order valence-electron chi connectivity index (χ2n) is 8.07. The Labute approximate surface area is 214 Å². The Bertz CT molecular complexity index is 1840. The molecule has 194 valence electrons. The lowest BCUT2D eigenvalue weighted by Crippen LogP contribution is -2.19. The molecule has 0 bridgehead atoms. The number of halogens is 2. The molecule has 9 nitrogen and oxygen atoms in total. The molecule has 0 unspecified atom stereocenters. The molecule has 0 atom stereocenters. The summed E-state index contributed by atoms with van der Waals surface area (Å²) < 4.78 is 74.2. The van der Waals surface area contributed by atoms with Crippen LogP contribution in [-0.4, -0.2) is 32.4 Å². The number of sulfonamides is 1. The van der Waals surface area contributed by atoms with Crippen molar-refractivity contribution in [3.8, 4) is 28.3 Å². The van der Waals surface area contributed by atoms with Gasteiger partial charge in [0.25, 0.3) is 15.6 Å². The maximum atomic E-state index is 15.4. The van der Waals surface area contributed by atoms with Crippen LogP contribution in [0.3, 0.4) is 0 Å². The van der Waals surface area contributed by atoms with Crippen LogP contribution in [0, 0.1) is 11.6 Å². The lowest BCUT2D eigenvalue weighted by Gasteiger charge is -2.17. The van der Waals surface area contributed by atoms with Crippen LogP contribution < -0.4 is 19.8 Å². The van der Waals surface area contributed by atoms with Crippen LogP contribution in [0.4, 0.5) is 14.6 Å². The van der Waals surface area contributed by atoms with Crippen molar-refractivity contribution in [2.75, 3.05) is 18.9 Å². The molecule has 0 saturated carbocycles. The molecule has 0 aliphatic rings. The summed E-state index contributed by atoms with van der Waals surface area (Å²) in [6.45, 7) is 0. The number of ether oxygens (including phenoxy) is 2. The average molecular weight is 540 g/mol. The first-order valence-electron chi connectivity index (χ1n) is 11.0. The molecule has 0 spiro atoms. The van der Waals surface area contributed by atoms with Crippen molar-refractivity contribution in [1.82, 2.24) is 9.72 Å². The predicted molar refractivity (Wildman–Crippen MR) is 135 cm³/mol. The van der Waals surface area contributed by atoms with Crippen LogP contribution >= 0.6 is 0 Å². The van der Waals surface area contributed by atoms with E-state index in [4.69, 9.17) is 9.47 Å². The molecule has 1 N–H and O–H groups in total. The van der Waals surface area contributed by atoms with E-state index < -0.39 is 27.2 Å². The van der Waals surface area contributed by atoms with E-state index in [-0.39, 0.29) is 38.8 Å². The number of anilines is 1. The topological polar surface area (TPSA) is 113 Å². The Morgan fingerprint density at radius 3 is 2.39 bits per heavy atom. The molecule has 0 aliphatic carbocycles. The number of nitrogens with zero attached hydrogens (tertiary/aromatic N) is 2. The first-order chi connectivity index (χ1) is 18.2. The van der Waals surface area contributed by atoms with Crippen LogP contribution in [0.5, 0.6) is 11.5 Å². The third kappa shape index (κ3) is 4.45. The smallest absolute Gasteiger partial charge is 0.263 e. The molecule has 5 rings (SSSR count). The Balaban J connectivity index is 1.65. The second kappa shape index (κ2) is 9.63. The van der Waals surface area contributed by atoms with Gasteiger partial charge in [-0.05, 0) is 48.5 Å². The first-order valence-corrected chi connectivity index (χ1v) is 12.5. The minimum atomic E-state index is -4.02. The average Bonchev–Trinajstić information content (AvgIpc) is 3.41. The summed E-state index contributed by atoms with van der Waals surface area (Å²) in [5.74, 6) is -1.06. The number of hydrogen-bond donors (Lipinski definition) is 1. The third-order valence-corrected chi connectivity index (χ3v) is 7.18. The fraction of sp³-hybridized carbons (Fsp3) is 0.0769. The largest absolute Gasteiger partial charge is 0.497 e. The zero-order chi connectivity index (χ0) is 27.0. The lowest BCUT2D eigenvalue weighted by molar-refractivity contribution is 0.411. The van der Waals surface area contributed by atoms with Gasteiger partial charge in [-0.1, -0.05) is 5.16 Å². The van der Waals surface area contributed by atoms with Crippen molar-refractivity contribution >= 4 is 26.7 Å². The van der Waals surface area contributed by atoms with Crippen LogP contribution in [0.15, 0.2) is 87.2 Å². The summed E-state index contributed by atoms with van der Waals surface area (Å²) in [5.41, 5.74) is -0.333. The van der Waals surface area contributed by atoms with E-state index >= 15 is 4.39 Å². The van der Waals surface area contributed by atoms with Crippen molar-refractivity contribution in [2.24, 2.45) is 0 Å². The summed E-state index contributed by atoms with van der Waals surface area (Å²) >= 11 is 0. The third-order valence-electron chi connectivity index (χ3n) is 5.83. The Hall–Kier alpha value is -4.71. The van der Waals surface area contributed by atoms with Gasteiger partial charge in [0.05, 0.1) is 30.3 Å². The Morgan fingerprint density at radius 2 is 1.68 bits per heavy atom. The molecule has 0 aliphatic heterocycles. The van der Waals surface area contributed by atoms with Gasteiger partial charge in [0.2, 0.25) is 0 Å². The van der Waals surface area contributed by atoms with Gasteiger partial charge in [0.15, 0.2) is 5.82 Å². The lowest BCUT2D eigenvalue weighted by atomic mass is 10.0. The molecule has 2 heterocycles. The fourth-order valence-corrected chi connectivity index (χ4v) is 5.05. The van der Waals surface area contributed by atoms with E-state index in [2.05, 4.69) is 14.4 Å². The summed E-state index contributed by atoms with van der Waals surface area (Å²) in [7, 11) is -1.28. The molecule has 12 heteroatoms. The Kier molecular flexibility index (Phi) is 6.33. The van der Waals surface area contributed by atoms with E-state index in [9.17, 15) is 17.6 Å². The summed E-state index contributed by atoms with van der Waals surface area (Å²) in [5, 5.41) is 3.91. The molecule has 0 amide bonds. The number of methoxy groups -OCH3 is 2. The predicted octanol–water partition coefficient (Wildman–Crippen LogP) is 4.74. The molecule has 38 heavy (non-hydrogen) atoms. The maximum absolute atomic E-state index is 15.4. The monoisotopic (exact) mass is 539 g/mol. The number of fused-ring (bicyclic) bond motifs is 1. The number of benzene rings is 3. The van der Waals surface area contributed by atoms with Crippen molar-refractivity contribution in [3.63, 3.8) is 0 Å². The summed E-state index contributed by atoms with van der Waals surface area (Å²) in [6, 6.07) is 14.4. The van der Waals surface area contributed by atoms with Crippen LogP contribution in [0.2, 0.25) is 0 Å². The first kappa shape index (κ1) is 25.0. The highest BCUT2D eigenvalue weighted by Gasteiger charge is 2.21. The summed E-state index contributed by atoms with van der Waals surface area (Å²) in [4.78, 5) is 12.9. The molecular formula is C26H19F2N3O6S. The number of pyridine rings is 1. The highest BCUT2D eigenvalue weighted by atomic mass is 32.2. The molecule has 0 fully saturated rings. The molecule has 5 aromatic rings. The number of nitrogens with one attached hydrogen (secondary N) is 1. The van der Waals surface area contributed by atoms with Gasteiger partial charge in [-0.15, -0.1) is 0 Å². The van der Waals surface area contributed by atoms with E-state index in [1.54, 1.807) is 0 Å². The Morgan fingerprint density at radius 1 is 0.895 bits per heavy atom. The van der Waals surface area contributed by atoms with E-state index in [0.29, 0.717) is 11.1 Å². The fourth-order valence-electron chi connectivity index (χ4n) is 4.03. The van der Waals surface area contributed by atoms with Crippen molar-refractivity contribution in [3.05, 3.63) is 95.0 Å². The van der Waals surface area contributed by atoms with E-state index in [1.807, 2.05) is 0 Å². The number of hydrogen-bond acceptors (Lipinski definition) is 7. The quantitative estimate of drug-likeness (QED) is 0.318. The van der Waals surface area contributed by atoms with Gasteiger partial charge in [-0.3, -0.25) is 14.1 Å². The maximum Gasteiger partial charge on any atom is 0.263 e. The molecular weight excluding hydrogens is 520 g/mol. The second-order valence-corrected chi connectivity index (χ2v) is 9.75. The van der Waals surface area contributed by atoms with Gasteiger partial charge < -0.3 is 14.0 Å². The number of aromatic nitrogens is 2. The highest BCUT2D eigenvalue weighted by molar-refractivity contribution is 7.92.